The highest BCUT2D eigenvalue weighted by atomic mass is 19.1. The van der Waals surface area contributed by atoms with E-state index in [0.717, 1.165) is 19.3 Å². The zero-order valence-corrected chi connectivity index (χ0v) is 20.0. The van der Waals surface area contributed by atoms with Gasteiger partial charge in [-0.15, -0.1) is 0 Å². The molecule has 5 heteroatoms. The SMILES string of the molecule is CCCCCCCCCCCCCCCOC(=O)C1CCCN1C(=O)c1ccccc1F. The van der Waals surface area contributed by atoms with Gasteiger partial charge in [-0.3, -0.25) is 4.79 Å². The normalized spacial score (nSPS) is 15.8. The van der Waals surface area contributed by atoms with Gasteiger partial charge >= 0.3 is 5.97 Å². The Morgan fingerprint density at radius 3 is 2.06 bits per heavy atom. The van der Waals surface area contributed by atoms with Crippen LogP contribution >= 0.6 is 0 Å². The minimum atomic E-state index is -0.593. The van der Waals surface area contributed by atoms with Crippen LogP contribution in [0.25, 0.3) is 0 Å². The van der Waals surface area contributed by atoms with E-state index < -0.39 is 17.8 Å². The summed E-state index contributed by atoms with van der Waals surface area (Å²) < 4.78 is 19.4. The summed E-state index contributed by atoms with van der Waals surface area (Å²) in [5.41, 5.74) is 0.0173. The highest BCUT2D eigenvalue weighted by Gasteiger charge is 2.36. The van der Waals surface area contributed by atoms with E-state index in [9.17, 15) is 14.0 Å². The van der Waals surface area contributed by atoms with E-state index in [2.05, 4.69) is 6.92 Å². The number of rotatable bonds is 16. The fraction of sp³-hybridized carbons (Fsp3) is 0.704. The first-order valence-corrected chi connectivity index (χ1v) is 12.9. The zero-order valence-electron chi connectivity index (χ0n) is 20.0. The average molecular weight is 448 g/mol. The summed E-state index contributed by atoms with van der Waals surface area (Å²) in [6.45, 7) is 3.12. The molecule has 0 aromatic heterocycles. The van der Waals surface area contributed by atoms with E-state index in [4.69, 9.17) is 4.74 Å². The number of esters is 1. The Labute approximate surface area is 193 Å². The van der Waals surface area contributed by atoms with E-state index in [1.165, 1.54) is 87.7 Å². The molecule has 1 amide bonds. The number of unbranched alkanes of at least 4 members (excludes halogenated alkanes) is 12. The number of ether oxygens (including phenoxy) is 1. The molecule has 1 unspecified atom stereocenters. The second-order valence-electron chi connectivity index (χ2n) is 9.05. The largest absolute Gasteiger partial charge is 0.464 e. The summed E-state index contributed by atoms with van der Waals surface area (Å²) in [5, 5.41) is 0. The number of hydrogen-bond acceptors (Lipinski definition) is 3. The van der Waals surface area contributed by atoms with Gasteiger partial charge in [0.1, 0.15) is 11.9 Å². The minimum Gasteiger partial charge on any atom is -0.464 e. The Bertz CT molecular complexity index is 679. The molecule has 0 bridgehead atoms. The van der Waals surface area contributed by atoms with Crippen LogP contribution in [0, 0.1) is 5.82 Å². The first-order valence-electron chi connectivity index (χ1n) is 12.9. The van der Waals surface area contributed by atoms with Gasteiger partial charge in [-0.25, -0.2) is 9.18 Å². The zero-order chi connectivity index (χ0) is 23.0. The van der Waals surface area contributed by atoms with Crippen molar-refractivity contribution >= 4 is 11.9 Å². The summed E-state index contributed by atoms with van der Waals surface area (Å²) in [5.74, 6) is -1.34. The molecule has 1 aliphatic rings. The van der Waals surface area contributed by atoms with Gasteiger partial charge in [0, 0.05) is 6.54 Å². The quantitative estimate of drug-likeness (QED) is 0.201. The molecule has 1 atom stereocenters. The molecule has 2 rings (SSSR count). The van der Waals surface area contributed by atoms with Crippen LogP contribution in [0.3, 0.4) is 0 Å². The number of halogens is 1. The number of carbonyl (C=O) groups excluding carboxylic acids is 2. The molecule has 4 nitrogen and oxygen atoms in total. The van der Waals surface area contributed by atoms with Crippen LogP contribution in [0.5, 0.6) is 0 Å². The van der Waals surface area contributed by atoms with Crippen molar-refractivity contribution < 1.29 is 18.7 Å². The highest BCUT2D eigenvalue weighted by molar-refractivity contribution is 5.97. The lowest BCUT2D eigenvalue weighted by atomic mass is 10.0. The second kappa shape index (κ2) is 15.8. The fourth-order valence-corrected chi connectivity index (χ4v) is 4.43. The molecular weight excluding hydrogens is 405 g/mol. The number of hydrogen-bond donors (Lipinski definition) is 0. The van der Waals surface area contributed by atoms with Crippen molar-refractivity contribution in [2.24, 2.45) is 0 Å². The molecule has 0 radical (unpaired) electrons. The van der Waals surface area contributed by atoms with Crippen molar-refractivity contribution in [1.82, 2.24) is 4.90 Å². The summed E-state index contributed by atoms with van der Waals surface area (Å²) >= 11 is 0. The van der Waals surface area contributed by atoms with E-state index >= 15 is 0 Å². The topological polar surface area (TPSA) is 46.6 Å². The molecule has 180 valence electrons. The smallest absolute Gasteiger partial charge is 0.328 e. The maximum atomic E-state index is 14.0. The molecule has 0 spiro atoms. The van der Waals surface area contributed by atoms with Crippen molar-refractivity contribution in [1.29, 1.82) is 0 Å². The van der Waals surface area contributed by atoms with Gasteiger partial charge in [0.05, 0.1) is 12.2 Å². The first-order chi connectivity index (χ1) is 15.6. The summed E-state index contributed by atoms with van der Waals surface area (Å²) in [4.78, 5) is 26.6. The molecule has 1 aliphatic heterocycles. The molecule has 1 fully saturated rings. The third-order valence-electron chi connectivity index (χ3n) is 6.38. The number of amides is 1. The van der Waals surface area contributed by atoms with Crippen molar-refractivity contribution in [2.45, 2.75) is 109 Å². The predicted octanol–water partition coefficient (Wildman–Crippen LogP) is 7.06. The van der Waals surface area contributed by atoms with Gasteiger partial charge in [-0.05, 0) is 31.4 Å². The van der Waals surface area contributed by atoms with Gasteiger partial charge in [-0.2, -0.15) is 0 Å². The highest BCUT2D eigenvalue weighted by Crippen LogP contribution is 2.22. The van der Waals surface area contributed by atoms with Crippen molar-refractivity contribution in [2.75, 3.05) is 13.2 Å². The molecule has 0 aliphatic carbocycles. The number of likely N-dealkylation sites (tertiary alicyclic amines) is 1. The Kier molecular flexibility index (Phi) is 13.0. The van der Waals surface area contributed by atoms with Crippen LogP contribution in [-0.4, -0.2) is 36.0 Å². The van der Waals surface area contributed by atoms with E-state index in [-0.39, 0.29) is 11.5 Å². The predicted molar refractivity (Wildman–Crippen MR) is 127 cm³/mol. The average Bonchev–Trinajstić information content (AvgIpc) is 3.29. The van der Waals surface area contributed by atoms with Gasteiger partial charge < -0.3 is 9.64 Å². The Hall–Kier alpha value is -1.91. The van der Waals surface area contributed by atoms with Crippen LogP contribution < -0.4 is 0 Å². The number of carbonyl (C=O) groups is 2. The lowest BCUT2D eigenvalue weighted by molar-refractivity contribution is -0.148. The fourth-order valence-electron chi connectivity index (χ4n) is 4.43. The van der Waals surface area contributed by atoms with Crippen LogP contribution in [0.15, 0.2) is 24.3 Å². The molecule has 32 heavy (non-hydrogen) atoms. The Morgan fingerprint density at radius 2 is 1.47 bits per heavy atom. The number of nitrogens with zero attached hydrogens (tertiary/aromatic N) is 1. The van der Waals surface area contributed by atoms with Crippen LogP contribution in [0.4, 0.5) is 4.39 Å². The molecular formula is C27H42FNO3. The van der Waals surface area contributed by atoms with Gasteiger partial charge in [0.2, 0.25) is 0 Å². The third kappa shape index (κ3) is 9.30. The lowest BCUT2D eigenvalue weighted by Crippen LogP contribution is -2.41. The van der Waals surface area contributed by atoms with Gasteiger partial charge in [0.15, 0.2) is 0 Å². The van der Waals surface area contributed by atoms with E-state index in [1.807, 2.05) is 0 Å². The minimum absolute atomic E-state index is 0.0173. The summed E-state index contributed by atoms with van der Waals surface area (Å²) in [7, 11) is 0. The monoisotopic (exact) mass is 447 g/mol. The van der Waals surface area contributed by atoms with Crippen LogP contribution in [-0.2, 0) is 9.53 Å². The van der Waals surface area contributed by atoms with E-state index in [1.54, 1.807) is 12.1 Å². The first kappa shape index (κ1) is 26.3. The lowest BCUT2D eigenvalue weighted by Gasteiger charge is -2.23. The van der Waals surface area contributed by atoms with Crippen LogP contribution in [0.2, 0.25) is 0 Å². The molecule has 1 saturated heterocycles. The maximum Gasteiger partial charge on any atom is 0.328 e. The molecule has 1 heterocycles. The maximum absolute atomic E-state index is 14.0. The Balaban J connectivity index is 1.52. The molecule has 0 N–H and O–H groups in total. The van der Waals surface area contributed by atoms with Gasteiger partial charge in [0.25, 0.3) is 5.91 Å². The summed E-state index contributed by atoms with van der Waals surface area (Å²) in [6.07, 6.45) is 17.9. The third-order valence-corrected chi connectivity index (χ3v) is 6.38. The molecule has 1 aromatic carbocycles. The summed E-state index contributed by atoms with van der Waals surface area (Å²) in [6, 6.07) is 5.33. The second-order valence-corrected chi connectivity index (χ2v) is 9.05. The van der Waals surface area contributed by atoms with Crippen molar-refractivity contribution in [3.63, 3.8) is 0 Å². The number of benzene rings is 1. The van der Waals surface area contributed by atoms with Crippen LogP contribution in [0.1, 0.15) is 114 Å². The Morgan fingerprint density at radius 1 is 0.906 bits per heavy atom. The van der Waals surface area contributed by atoms with Crippen molar-refractivity contribution in [3.8, 4) is 0 Å². The molecule has 1 aromatic rings. The van der Waals surface area contributed by atoms with E-state index in [0.29, 0.717) is 19.6 Å². The standard InChI is InChI=1S/C27H42FNO3/c1-2-3-4-5-6-7-8-9-10-11-12-13-16-22-32-27(31)25-20-17-21-29(25)26(30)23-18-14-15-19-24(23)28/h14-15,18-19,25H,2-13,16-17,20-22H2,1H3. The van der Waals surface area contributed by atoms with Gasteiger partial charge in [-0.1, -0.05) is 96.1 Å². The van der Waals surface area contributed by atoms with Crippen molar-refractivity contribution in [3.05, 3.63) is 35.6 Å². The molecule has 0 saturated carbocycles.